The SMILES string of the molecule is COC[C@H](C)O[C@@]1(O)[C@H](O)[C@@H](CO)O[C@H]1n1ccc(=O)[nH]c1=O. The van der Waals surface area contributed by atoms with E-state index in [0.29, 0.717) is 0 Å². The Balaban J connectivity index is 2.41. The minimum Gasteiger partial charge on any atom is -0.394 e. The third kappa shape index (κ3) is 3.37. The lowest BCUT2D eigenvalue weighted by Gasteiger charge is -2.33. The normalized spacial score (nSPS) is 32.1. The Morgan fingerprint density at radius 3 is 2.78 bits per heavy atom. The zero-order valence-electron chi connectivity index (χ0n) is 12.7. The van der Waals surface area contributed by atoms with E-state index in [-0.39, 0.29) is 6.61 Å². The van der Waals surface area contributed by atoms with E-state index < -0.39 is 48.2 Å². The minimum absolute atomic E-state index is 0.117. The third-order valence-corrected chi connectivity index (χ3v) is 3.51. The van der Waals surface area contributed by atoms with Crippen molar-refractivity contribution in [3.05, 3.63) is 33.1 Å². The molecular formula is C13H20N2O8. The number of ether oxygens (including phenoxy) is 3. The van der Waals surface area contributed by atoms with Crippen molar-refractivity contribution < 1.29 is 29.5 Å². The summed E-state index contributed by atoms with van der Waals surface area (Å²) in [5.74, 6) is -2.31. The molecule has 5 atom stereocenters. The Bertz CT molecular complexity index is 643. The van der Waals surface area contributed by atoms with Gasteiger partial charge in [-0.25, -0.2) is 4.79 Å². The summed E-state index contributed by atoms with van der Waals surface area (Å²) >= 11 is 0. The molecule has 2 heterocycles. The lowest BCUT2D eigenvalue weighted by atomic mass is 10.1. The summed E-state index contributed by atoms with van der Waals surface area (Å²) in [6.45, 7) is 1.11. The van der Waals surface area contributed by atoms with Crippen LogP contribution in [0.1, 0.15) is 13.2 Å². The number of rotatable bonds is 6. The summed E-state index contributed by atoms with van der Waals surface area (Å²) in [7, 11) is 1.44. The maximum Gasteiger partial charge on any atom is 0.330 e. The van der Waals surface area contributed by atoms with Crippen LogP contribution in [0.15, 0.2) is 21.9 Å². The number of hydrogen-bond acceptors (Lipinski definition) is 8. The number of hydrogen-bond donors (Lipinski definition) is 4. The molecule has 0 amide bonds. The molecule has 0 spiro atoms. The fraction of sp³-hybridized carbons (Fsp3) is 0.692. The highest BCUT2D eigenvalue weighted by Gasteiger charge is 2.58. The molecule has 1 aromatic rings. The van der Waals surface area contributed by atoms with Crippen LogP contribution in [0.25, 0.3) is 0 Å². The van der Waals surface area contributed by atoms with Crippen LogP contribution in [-0.4, -0.2) is 69.3 Å². The molecular weight excluding hydrogens is 312 g/mol. The fourth-order valence-corrected chi connectivity index (χ4v) is 2.49. The van der Waals surface area contributed by atoms with Crippen molar-refractivity contribution >= 4 is 0 Å². The Morgan fingerprint density at radius 1 is 1.52 bits per heavy atom. The van der Waals surface area contributed by atoms with Gasteiger partial charge in [0.1, 0.15) is 12.2 Å². The average molecular weight is 332 g/mol. The zero-order chi connectivity index (χ0) is 17.2. The molecule has 0 radical (unpaired) electrons. The summed E-state index contributed by atoms with van der Waals surface area (Å²) < 4.78 is 16.6. The summed E-state index contributed by atoms with van der Waals surface area (Å²) in [6.07, 6.45) is -3.78. The maximum atomic E-state index is 11.9. The topological polar surface area (TPSA) is 143 Å². The van der Waals surface area contributed by atoms with Crippen molar-refractivity contribution in [2.24, 2.45) is 0 Å². The van der Waals surface area contributed by atoms with Crippen molar-refractivity contribution in [3.63, 3.8) is 0 Å². The Kier molecular flexibility index (Phi) is 5.34. The maximum absolute atomic E-state index is 11.9. The second-order valence-electron chi connectivity index (χ2n) is 5.31. The fourth-order valence-electron chi connectivity index (χ4n) is 2.49. The Labute approximate surface area is 130 Å². The number of aromatic nitrogens is 2. The molecule has 1 fully saturated rings. The molecule has 10 nitrogen and oxygen atoms in total. The van der Waals surface area contributed by atoms with Gasteiger partial charge in [0.05, 0.1) is 19.3 Å². The molecule has 0 bridgehead atoms. The first-order valence-electron chi connectivity index (χ1n) is 6.98. The molecule has 0 aromatic carbocycles. The van der Waals surface area contributed by atoms with E-state index >= 15 is 0 Å². The van der Waals surface area contributed by atoms with Crippen LogP contribution < -0.4 is 11.2 Å². The van der Waals surface area contributed by atoms with Gasteiger partial charge in [-0.05, 0) is 6.92 Å². The molecule has 23 heavy (non-hydrogen) atoms. The number of aliphatic hydroxyl groups is 3. The van der Waals surface area contributed by atoms with Crippen molar-refractivity contribution in [1.29, 1.82) is 0 Å². The van der Waals surface area contributed by atoms with Crippen LogP contribution in [0, 0.1) is 0 Å². The van der Waals surface area contributed by atoms with Crippen LogP contribution in [0.2, 0.25) is 0 Å². The average Bonchev–Trinajstić information content (AvgIpc) is 2.71. The summed E-state index contributed by atoms with van der Waals surface area (Å²) in [6, 6.07) is 1.06. The second-order valence-corrected chi connectivity index (χ2v) is 5.31. The van der Waals surface area contributed by atoms with Crippen molar-refractivity contribution in [2.45, 2.75) is 37.3 Å². The Morgan fingerprint density at radius 2 is 2.22 bits per heavy atom. The molecule has 2 rings (SSSR count). The molecule has 10 heteroatoms. The summed E-state index contributed by atoms with van der Waals surface area (Å²) in [4.78, 5) is 25.1. The van der Waals surface area contributed by atoms with E-state index in [0.717, 1.165) is 16.8 Å². The van der Waals surface area contributed by atoms with Gasteiger partial charge in [-0.2, -0.15) is 0 Å². The van der Waals surface area contributed by atoms with Gasteiger partial charge in [0, 0.05) is 19.4 Å². The van der Waals surface area contributed by atoms with Crippen LogP contribution in [0.5, 0.6) is 0 Å². The third-order valence-electron chi connectivity index (χ3n) is 3.51. The van der Waals surface area contributed by atoms with Crippen molar-refractivity contribution in [2.75, 3.05) is 20.3 Å². The Hall–Kier alpha value is -1.56. The van der Waals surface area contributed by atoms with Gasteiger partial charge in [0.2, 0.25) is 5.79 Å². The standard InChI is InChI=1S/C13H20N2O8/c1-7(6-21-2)23-13(20)10(18)8(5-16)22-11(13)15-4-3-9(17)14-12(15)19/h3-4,7-8,10-11,16,18,20H,5-6H2,1-2H3,(H,14,17,19)/t7-,8+,10+,11+,13-/m0/s1. The molecule has 0 unspecified atom stereocenters. The lowest BCUT2D eigenvalue weighted by molar-refractivity contribution is -0.298. The molecule has 1 aliphatic heterocycles. The molecule has 1 saturated heterocycles. The number of aromatic amines is 1. The van der Waals surface area contributed by atoms with E-state index in [4.69, 9.17) is 14.2 Å². The number of aliphatic hydroxyl groups excluding tert-OH is 2. The first kappa shape index (κ1) is 17.8. The van der Waals surface area contributed by atoms with E-state index in [1.165, 1.54) is 7.11 Å². The van der Waals surface area contributed by atoms with Gasteiger partial charge >= 0.3 is 5.69 Å². The molecule has 0 aliphatic carbocycles. The molecule has 0 saturated carbocycles. The largest absolute Gasteiger partial charge is 0.394 e. The molecule has 1 aliphatic rings. The zero-order valence-corrected chi connectivity index (χ0v) is 12.7. The molecule has 130 valence electrons. The van der Waals surface area contributed by atoms with E-state index in [1.807, 2.05) is 4.98 Å². The molecule has 4 N–H and O–H groups in total. The predicted octanol–water partition coefficient (Wildman–Crippen LogP) is -2.47. The van der Waals surface area contributed by atoms with Crippen LogP contribution in [-0.2, 0) is 14.2 Å². The number of nitrogens with one attached hydrogen (secondary N) is 1. The van der Waals surface area contributed by atoms with E-state index in [1.54, 1.807) is 6.92 Å². The van der Waals surface area contributed by atoms with Gasteiger partial charge in [0.25, 0.3) is 5.56 Å². The van der Waals surface area contributed by atoms with Gasteiger partial charge < -0.3 is 29.5 Å². The van der Waals surface area contributed by atoms with E-state index in [9.17, 15) is 24.9 Å². The van der Waals surface area contributed by atoms with Crippen LogP contribution in [0.4, 0.5) is 0 Å². The molecule has 1 aromatic heterocycles. The van der Waals surface area contributed by atoms with E-state index in [2.05, 4.69) is 0 Å². The van der Waals surface area contributed by atoms with Crippen molar-refractivity contribution in [3.8, 4) is 0 Å². The van der Waals surface area contributed by atoms with Gasteiger partial charge in [-0.15, -0.1) is 0 Å². The monoisotopic (exact) mass is 332 g/mol. The number of H-pyrrole nitrogens is 1. The highest BCUT2D eigenvalue weighted by molar-refractivity contribution is 4.98. The van der Waals surface area contributed by atoms with Crippen molar-refractivity contribution in [1.82, 2.24) is 9.55 Å². The minimum atomic E-state index is -2.31. The predicted molar refractivity (Wildman–Crippen MR) is 75.7 cm³/mol. The van der Waals surface area contributed by atoms with Crippen LogP contribution >= 0.6 is 0 Å². The van der Waals surface area contributed by atoms with Gasteiger partial charge in [-0.3, -0.25) is 14.3 Å². The second kappa shape index (κ2) is 6.91. The van der Waals surface area contributed by atoms with Gasteiger partial charge in [-0.1, -0.05) is 0 Å². The first-order valence-corrected chi connectivity index (χ1v) is 6.98. The summed E-state index contributed by atoms with van der Waals surface area (Å²) in [5.41, 5.74) is -1.48. The number of nitrogens with zero attached hydrogens (tertiary/aromatic N) is 1. The highest BCUT2D eigenvalue weighted by atomic mass is 16.7. The number of methoxy groups -OCH3 is 1. The summed E-state index contributed by atoms with van der Waals surface area (Å²) in [5, 5.41) is 30.2. The van der Waals surface area contributed by atoms with Gasteiger partial charge in [0.15, 0.2) is 6.23 Å². The quantitative estimate of drug-likeness (QED) is 0.420. The first-order chi connectivity index (χ1) is 10.8. The smallest absolute Gasteiger partial charge is 0.330 e. The van der Waals surface area contributed by atoms with Crippen LogP contribution in [0.3, 0.4) is 0 Å². The lowest BCUT2D eigenvalue weighted by Crippen LogP contribution is -2.53. The highest BCUT2D eigenvalue weighted by Crippen LogP contribution is 2.39.